The van der Waals surface area contributed by atoms with E-state index >= 15 is 0 Å². The minimum atomic E-state index is -0.682. The highest BCUT2D eigenvalue weighted by atomic mass is 35.5. The second kappa shape index (κ2) is 8.28. The van der Waals surface area contributed by atoms with Crippen LogP contribution in [0.15, 0.2) is 15.3 Å². The molecule has 0 aliphatic carbocycles. The number of aliphatic hydroxyl groups excluding tert-OH is 1. The molecule has 0 unspecified atom stereocenters. The van der Waals surface area contributed by atoms with E-state index in [-0.39, 0.29) is 37.1 Å². The maximum absolute atomic E-state index is 12.6. The summed E-state index contributed by atoms with van der Waals surface area (Å²) >= 11 is 0. The second-order valence-corrected chi connectivity index (χ2v) is 7.26. The van der Waals surface area contributed by atoms with Gasteiger partial charge in [0.2, 0.25) is 0 Å². The highest BCUT2D eigenvalue weighted by Gasteiger charge is 2.47. The van der Waals surface area contributed by atoms with Crippen molar-refractivity contribution in [2.24, 2.45) is 0 Å². The van der Waals surface area contributed by atoms with Gasteiger partial charge in [0.15, 0.2) is 0 Å². The Labute approximate surface area is 163 Å². The summed E-state index contributed by atoms with van der Waals surface area (Å²) in [6, 6.07) is 1.41. The molecule has 0 radical (unpaired) electrons. The van der Waals surface area contributed by atoms with Crippen molar-refractivity contribution in [1.29, 1.82) is 0 Å². The van der Waals surface area contributed by atoms with Gasteiger partial charge in [0, 0.05) is 5.92 Å². The Morgan fingerprint density at radius 3 is 2.63 bits per heavy atom. The number of aryl methyl sites for hydroxylation is 1. The second-order valence-electron chi connectivity index (χ2n) is 7.26. The number of aliphatic hydroxyl groups is 1. The van der Waals surface area contributed by atoms with E-state index in [1.165, 1.54) is 0 Å². The van der Waals surface area contributed by atoms with Crippen LogP contribution in [0.3, 0.4) is 0 Å². The van der Waals surface area contributed by atoms with Crippen LogP contribution in [-0.2, 0) is 9.47 Å². The fourth-order valence-electron chi connectivity index (χ4n) is 4.06. The van der Waals surface area contributed by atoms with Crippen LogP contribution >= 0.6 is 12.4 Å². The lowest BCUT2D eigenvalue weighted by atomic mass is 9.94. The molecule has 3 aliphatic rings. The molecule has 3 fully saturated rings. The molecule has 4 rings (SSSR count). The molecule has 9 heteroatoms. The van der Waals surface area contributed by atoms with E-state index in [4.69, 9.17) is 13.9 Å². The molecule has 0 saturated carbocycles. The zero-order valence-corrected chi connectivity index (χ0v) is 15.9. The van der Waals surface area contributed by atoms with Gasteiger partial charge in [-0.25, -0.2) is 4.79 Å². The molecular weight excluding hydrogens is 376 g/mol. The molecule has 0 spiro atoms. The minimum absolute atomic E-state index is 0. The van der Waals surface area contributed by atoms with Crippen molar-refractivity contribution in [3.05, 3.63) is 33.4 Å². The van der Waals surface area contributed by atoms with E-state index in [0.29, 0.717) is 11.3 Å². The van der Waals surface area contributed by atoms with E-state index in [2.05, 4.69) is 10.6 Å². The maximum atomic E-state index is 12.6. The van der Waals surface area contributed by atoms with Gasteiger partial charge in [-0.2, -0.15) is 0 Å². The van der Waals surface area contributed by atoms with Crippen molar-refractivity contribution in [2.45, 2.75) is 50.0 Å². The molecule has 1 aromatic heterocycles. The zero-order chi connectivity index (χ0) is 18.3. The summed E-state index contributed by atoms with van der Waals surface area (Å²) in [7, 11) is 0. The minimum Gasteiger partial charge on any atom is -0.427 e. The molecule has 0 bridgehead atoms. The van der Waals surface area contributed by atoms with Crippen LogP contribution in [0, 0.1) is 6.92 Å². The monoisotopic (exact) mass is 400 g/mol. The summed E-state index contributed by atoms with van der Waals surface area (Å²) in [4.78, 5) is 25.1. The zero-order valence-electron chi connectivity index (χ0n) is 15.1. The van der Waals surface area contributed by atoms with Crippen molar-refractivity contribution in [3.8, 4) is 0 Å². The number of ether oxygens (including phenoxy) is 2. The van der Waals surface area contributed by atoms with Crippen LogP contribution in [-0.4, -0.2) is 61.7 Å². The highest BCUT2D eigenvalue weighted by molar-refractivity contribution is 5.95. The van der Waals surface area contributed by atoms with Crippen LogP contribution in [0.25, 0.3) is 0 Å². The third-order valence-corrected chi connectivity index (χ3v) is 5.48. The van der Waals surface area contributed by atoms with E-state index in [0.717, 1.165) is 25.9 Å². The van der Waals surface area contributed by atoms with Crippen molar-refractivity contribution >= 4 is 18.3 Å². The Bertz CT molecular complexity index is 748. The first-order valence-corrected chi connectivity index (χ1v) is 9.12. The fourth-order valence-corrected chi connectivity index (χ4v) is 4.06. The number of hydrogen-bond acceptors (Lipinski definition) is 7. The summed E-state index contributed by atoms with van der Waals surface area (Å²) < 4.78 is 16.5. The number of carbonyl (C=O) groups is 1. The number of nitrogens with one attached hydrogen (secondary N) is 2. The first-order chi connectivity index (χ1) is 12.5. The molecule has 27 heavy (non-hydrogen) atoms. The van der Waals surface area contributed by atoms with Gasteiger partial charge in [-0.15, -0.1) is 12.4 Å². The summed E-state index contributed by atoms with van der Waals surface area (Å²) in [5.74, 6) is 0.363. The molecule has 3 saturated heterocycles. The SMILES string of the molecule is Cc1cc(C2CCNCC2)oc(=O)c1C(=O)N[C@@H]1CO[C@H]2[C@@H]1OC[C@H]2O.Cl. The van der Waals surface area contributed by atoms with Gasteiger partial charge in [-0.05, 0) is 44.5 Å². The number of carbonyl (C=O) groups excluding carboxylic acids is 1. The average Bonchev–Trinajstić information content (AvgIpc) is 3.19. The number of rotatable bonds is 3. The predicted molar refractivity (Wildman–Crippen MR) is 98.5 cm³/mol. The standard InChI is InChI=1S/C18H24N2O6.ClH/c1-9-6-13(10-2-4-19-5-3-10)26-18(23)14(9)17(22)20-11-7-24-16-12(21)8-25-15(11)16;/h6,10-12,15-16,19,21H,2-5,7-8H2,1H3,(H,20,22);1H/t11-,12-,15-,16-;/m1./s1. The van der Waals surface area contributed by atoms with Crippen LogP contribution in [0.5, 0.6) is 0 Å². The molecule has 4 heterocycles. The van der Waals surface area contributed by atoms with Crippen molar-refractivity contribution in [3.63, 3.8) is 0 Å². The largest absolute Gasteiger partial charge is 0.427 e. The van der Waals surface area contributed by atoms with Crippen LogP contribution in [0.1, 0.15) is 40.4 Å². The Hall–Kier alpha value is -1.45. The van der Waals surface area contributed by atoms with Gasteiger partial charge in [0.05, 0.1) is 19.3 Å². The van der Waals surface area contributed by atoms with Crippen LogP contribution < -0.4 is 16.3 Å². The van der Waals surface area contributed by atoms with Gasteiger partial charge < -0.3 is 29.6 Å². The Balaban J connectivity index is 0.00000210. The summed E-state index contributed by atoms with van der Waals surface area (Å²) in [5.41, 5.74) is 0.0127. The third-order valence-electron chi connectivity index (χ3n) is 5.48. The lowest BCUT2D eigenvalue weighted by Gasteiger charge is -2.22. The smallest absolute Gasteiger partial charge is 0.349 e. The molecule has 1 aromatic rings. The van der Waals surface area contributed by atoms with Crippen molar-refractivity contribution in [2.75, 3.05) is 26.3 Å². The van der Waals surface area contributed by atoms with Gasteiger partial charge >= 0.3 is 5.63 Å². The van der Waals surface area contributed by atoms with Gasteiger partial charge in [0.25, 0.3) is 5.91 Å². The fraction of sp³-hybridized carbons (Fsp3) is 0.667. The third kappa shape index (κ3) is 3.90. The molecular formula is C18H25ClN2O6. The molecule has 150 valence electrons. The summed E-state index contributed by atoms with van der Waals surface area (Å²) in [6.07, 6.45) is 0.319. The summed E-state index contributed by atoms with van der Waals surface area (Å²) in [5, 5.41) is 15.9. The Kier molecular flexibility index (Phi) is 6.22. The first kappa shape index (κ1) is 20.3. The lowest BCUT2D eigenvalue weighted by Crippen LogP contribution is -2.45. The Morgan fingerprint density at radius 2 is 1.93 bits per heavy atom. The highest BCUT2D eigenvalue weighted by Crippen LogP contribution is 2.28. The van der Waals surface area contributed by atoms with Crippen molar-refractivity contribution < 1.29 is 23.8 Å². The number of fused-ring (bicyclic) bond motifs is 1. The first-order valence-electron chi connectivity index (χ1n) is 9.12. The topological polar surface area (TPSA) is 110 Å². The Morgan fingerprint density at radius 1 is 1.22 bits per heavy atom. The maximum Gasteiger partial charge on any atom is 0.349 e. The molecule has 1 amide bonds. The molecule has 8 nitrogen and oxygen atoms in total. The molecule has 3 aliphatic heterocycles. The average molecular weight is 401 g/mol. The van der Waals surface area contributed by atoms with E-state index < -0.39 is 35.9 Å². The molecule has 0 aromatic carbocycles. The van der Waals surface area contributed by atoms with E-state index in [9.17, 15) is 14.7 Å². The van der Waals surface area contributed by atoms with Gasteiger partial charge in [-0.3, -0.25) is 4.79 Å². The van der Waals surface area contributed by atoms with Crippen LogP contribution in [0.4, 0.5) is 0 Å². The van der Waals surface area contributed by atoms with E-state index in [1.807, 2.05) is 0 Å². The quantitative estimate of drug-likeness (QED) is 0.659. The van der Waals surface area contributed by atoms with Crippen LogP contribution in [0.2, 0.25) is 0 Å². The van der Waals surface area contributed by atoms with Crippen molar-refractivity contribution in [1.82, 2.24) is 10.6 Å². The number of hydrogen-bond donors (Lipinski definition) is 3. The number of halogens is 1. The van der Waals surface area contributed by atoms with Gasteiger partial charge in [0.1, 0.15) is 29.6 Å². The molecule has 4 atom stereocenters. The van der Waals surface area contributed by atoms with Gasteiger partial charge in [-0.1, -0.05) is 0 Å². The summed E-state index contributed by atoms with van der Waals surface area (Å²) in [6.45, 7) is 3.97. The number of amides is 1. The molecule has 3 N–H and O–H groups in total. The normalized spacial score (nSPS) is 30.6. The van der Waals surface area contributed by atoms with E-state index in [1.54, 1.807) is 13.0 Å². The predicted octanol–water partition coefficient (Wildman–Crippen LogP) is 0.0939. The lowest BCUT2D eigenvalue weighted by molar-refractivity contribution is 0.0178. The number of piperidine rings is 1.